The van der Waals surface area contributed by atoms with Gasteiger partial charge in [0, 0.05) is 22.0 Å². The Bertz CT molecular complexity index is 838. The molecule has 4 heteroatoms. The summed E-state index contributed by atoms with van der Waals surface area (Å²) in [7, 11) is 0. The molecule has 110 valence electrons. The van der Waals surface area contributed by atoms with Crippen LogP contribution in [-0.4, -0.2) is 23.2 Å². The lowest BCUT2D eigenvalue weighted by Gasteiger charge is -2.19. The molecule has 22 heavy (non-hydrogen) atoms. The van der Waals surface area contributed by atoms with E-state index in [0.29, 0.717) is 0 Å². The number of halogens is 1. The van der Waals surface area contributed by atoms with Crippen molar-refractivity contribution < 1.29 is 0 Å². The predicted octanol–water partition coefficient (Wildman–Crippen LogP) is 5.16. The van der Waals surface area contributed by atoms with Gasteiger partial charge in [-0.25, -0.2) is 0 Å². The van der Waals surface area contributed by atoms with Crippen LogP contribution in [0.15, 0.2) is 59.0 Å². The molecule has 2 heterocycles. The van der Waals surface area contributed by atoms with E-state index in [0.717, 1.165) is 29.7 Å². The molecule has 2 aliphatic heterocycles. The number of aliphatic imine (C=N–C) groups is 1. The van der Waals surface area contributed by atoms with Crippen LogP contribution in [0, 0.1) is 0 Å². The van der Waals surface area contributed by atoms with E-state index in [1.165, 1.54) is 26.9 Å². The lowest BCUT2D eigenvalue weighted by atomic mass is 10.0. The van der Waals surface area contributed by atoms with Gasteiger partial charge in [0.15, 0.2) is 5.17 Å². The highest BCUT2D eigenvalue weighted by molar-refractivity contribution is 8.17. The van der Waals surface area contributed by atoms with E-state index in [9.17, 15) is 0 Å². The number of thioether (sulfide) groups is 1. The summed E-state index contributed by atoms with van der Waals surface area (Å²) in [6.07, 6.45) is 2.83. The van der Waals surface area contributed by atoms with Gasteiger partial charge in [-0.05, 0) is 29.3 Å². The van der Waals surface area contributed by atoms with Crippen LogP contribution >= 0.6 is 23.4 Å². The zero-order valence-electron chi connectivity index (χ0n) is 12.1. The van der Waals surface area contributed by atoms with E-state index in [2.05, 4.69) is 46.8 Å². The molecule has 0 amide bonds. The zero-order chi connectivity index (χ0) is 15.1. The summed E-state index contributed by atoms with van der Waals surface area (Å²) in [6.45, 7) is 5.72. The number of amidine groups is 1. The molecule has 0 N–H and O–H groups in total. The number of hydrogen-bond donors (Lipinski definition) is 0. The van der Waals surface area contributed by atoms with Crippen molar-refractivity contribution >= 4 is 45.0 Å². The molecule has 0 unspecified atom stereocenters. The van der Waals surface area contributed by atoms with E-state index in [1.807, 2.05) is 12.1 Å². The molecule has 0 aliphatic carbocycles. The van der Waals surface area contributed by atoms with Crippen LogP contribution in [0.2, 0.25) is 5.02 Å². The normalized spacial score (nSPS) is 17.1. The Morgan fingerprint density at radius 2 is 2.23 bits per heavy atom. The molecular weight excluding hydrogens is 312 g/mol. The van der Waals surface area contributed by atoms with Gasteiger partial charge in [0.2, 0.25) is 0 Å². The molecule has 2 aliphatic rings. The Balaban J connectivity index is 1.96. The SMILES string of the molecule is C=CCC1=C(c2cccc3ccc(Cl)cc23)N2CCN=C2S1. The van der Waals surface area contributed by atoms with E-state index < -0.39 is 0 Å². The van der Waals surface area contributed by atoms with Gasteiger partial charge in [-0.1, -0.05) is 53.7 Å². The Morgan fingerprint density at radius 1 is 1.32 bits per heavy atom. The zero-order valence-corrected chi connectivity index (χ0v) is 13.6. The average molecular weight is 327 g/mol. The summed E-state index contributed by atoms with van der Waals surface area (Å²) in [5.74, 6) is 0. The Morgan fingerprint density at radius 3 is 3.09 bits per heavy atom. The third kappa shape index (κ3) is 2.16. The summed E-state index contributed by atoms with van der Waals surface area (Å²) in [6, 6.07) is 12.5. The van der Waals surface area contributed by atoms with Gasteiger partial charge in [-0.15, -0.1) is 6.58 Å². The van der Waals surface area contributed by atoms with Crippen molar-refractivity contribution in [2.45, 2.75) is 6.42 Å². The van der Waals surface area contributed by atoms with Gasteiger partial charge in [0.05, 0.1) is 12.2 Å². The Kier molecular flexibility index (Phi) is 3.47. The highest BCUT2D eigenvalue weighted by Crippen LogP contribution is 2.45. The largest absolute Gasteiger partial charge is 0.318 e. The van der Waals surface area contributed by atoms with E-state index in [-0.39, 0.29) is 0 Å². The average Bonchev–Trinajstić information content (AvgIpc) is 3.08. The van der Waals surface area contributed by atoms with Crippen LogP contribution in [0.25, 0.3) is 16.5 Å². The van der Waals surface area contributed by atoms with Crippen LogP contribution in [0.4, 0.5) is 0 Å². The van der Waals surface area contributed by atoms with E-state index in [1.54, 1.807) is 11.8 Å². The van der Waals surface area contributed by atoms with Crippen molar-refractivity contribution in [3.63, 3.8) is 0 Å². The molecule has 0 radical (unpaired) electrons. The fourth-order valence-electron chi connectivity index (χ4n) is 3.05. The lowest BCUT2D eigenvalue weighted by molar-refractivity contribution is 0.648. The highest BCUT2D eigenvalue weighted by Gasteiger charge is 2.32. The number of allylic oxidation sites excluding steroid dienone is 2. The molecule has 0 saturated carbocycles. The van der Waals surface area contributed by atoms with Crippen LogP contribution in [0.3, 0.4) is 0 Å². The minimum atomic E-state index is 0.770. The molecular formula is C18H15ClN2S. The third-order valence-electron chi connectivity index (χ3n) is 3.98. The number of nitrogens with zero attached hydrogens (tertiary/aromatic N) is 2. The van der Waals surface area contributed by atoms with Gasteiger partial charge < -0.3 is 4.90 Å². The molecule has 0 bridgehead atoms. The minimum Gasteiger partial charge on any atom is -0.318 e. The molecule has 2 aromatic rings. The molecule has 0 spiro atoms. The number of fused-ring (bicyclic) bond motifs is 2. The summed E-state index contributed by atoms with van der Waals surface area (Å²) >= 11 is 8.00. The van der Waals surface area contributed by atoms with E-state index >= 15 is 0 Å². The molecule has 2 aromatic carbocycles. The van der Waals surface area contributed by atoms with Gasteiger partial charge in [0.1, 0.15) is 0 Å². The highest BCUT2D eigenvalue weighted by atomic mass is 35.5. The molecule has 2 nitrogen and oxygen atoms in total. The standard InChI is InChI=1S/C18H15ClN2S/c1-2-4-16-17(21-10-9-20-18(21)22-16)14-6-3-5-12-7-8-13(19)11-15(12)14/h2-3,5-8,11H,1,4,9-10H2. The molecule has 0 atom stereocenters. The molecule has 0 fully saturated rings. The van der Waals surface area contributed by atoms with Crippen molar-refractivity contribution in [2.75, 3.05) is 13.1 Å². The maximum absolute atomic E-state index is 6.23. The fraction of sp³-hybridized carbons (Fsp3) is 0.167. The lowest BCUT2D eigenvalue weighted by Crippen LogP contribution is -2.20. The topological polar surface area (TPSA) is 15.6 Å². The van der Waals surface area contributed by atoms with Crippen molar-refractivity contribution in [3.8, 4) is 0 Å². The maximum Gasteiger partial charge on any atom is 0.168 e. The first-order chi connectivity index (χ1) is 10.8. The second-order valence-electron chi connectivity index (χ2n) is 5.35. The molecule has 4 rings (SSSR count). The second kappa shape index (κ2) is 5.49. The summed E-state index contributed by atoms with van der Waals surface area (Å²) < 4.78 is 0. The van der Waals surface area contributed by atoms with Gasteiger partial charge in [0.25, 0.3) is 0 Å². The van der Waals surface area contributed by atoms with E-state index in [4.69, 9.17) is 11.6 Å². The first-order valence-electron chi connectivity index (χ1n) is 7.30. The van der Waals surface area contributed by atoms with Crippen LogP contribution < -0.4 is 0 Å². The van der Waals surface area contributed by atoms with Crippen molar-refractivity contribution in [2.24, 2.45) is 4.99 Å². The number of benzene rings is 2. The summed E-state index contributed by atoms with van der Waals surface area (Å²) in [5.41, 5.74) is 2.51. The summed E-state index contributed by atoms with van der Waals surface area (Å²) in [5, 5.41) is 4.29. The monoisotopic (exact) mass is 326 g/mol. The molecule has 0 saturated heterocycles. The van der Waals surface area contributed by atoms with Gasteiger partial charge in [-0.3, -0.25) is 4.99 Å². The maximum atomic E-state index is 6.23. The third-order valence-corrected chi connectivity index (χ3v) is 5.35. The molecule has 0 aromatic heterocycles. The number of rotatable bonds is 3. The first kappa shape index (κ1) is 13.9. The van der Waals surface area contributed by atoms with Crippen molar-refractivity contribution in [1.82, 2.24) is 4.90 Å². The first-order valence-corrected chi connectivity index (χ1v) is 8.50. The number of hydrogen-bond acceptors (Lipinski definition) is 3. The quantitative estimate of drug-likeness (QED) is 0.724. The second-order valence-corrected chi connectivity index (χ2v) is 6.85. The minimum absolute atomic E-state index is 0.770. The smallest absolute Gasteiger partial charge is 0.168 e. The van der Waals surface area contributed by atoms with Crippen LogP contribution in [0.1, 0.15) is 12.0 Å². The van der Waals surface area contributed by atoms with Gasteiger partial charge >= 0.3 is 0 Å². The fourth-order valence-corrected chi connectivity index (χ4v) is 4.41. The van der Waals surface area contributed by atoms with Crippen molar-refractivity contribution in [1.29, 1.82) is 0 Å². The Hall–Kier alpha value is -1.71. The van der Waals surface area contributed by atoms with Crippen molar-refractivity contribution in [3.05, 3.63) is 64.5 Å². The predicted molar refractivity (Wildman–Crippen MR) is 97.3 cm³/mol. The Labute approximate surface area is 139 Å². The van der Waals surface area contributed by atoms with Crippen LogP contribution in [-0.2, 0) is 0 Å². The van der Waals surface area contributed by atoms with Gasteiger partial charge in [-0.2, -0.15) is 0 Å². The summed E-state index contributed by atoms with van der Waals surface area (Å²) in [4.78, 5) is 8.26. The van der Waals surface area contributed by atoms with Crippen LogP contribution in [0.5, 0.6) is 0 Å².